The van der Waals surface area contributed by atoms with Crippen molar-refractivity contribution in [2.75, 3.05) is 27.3 Å². The lowest BCUT2D eigenvalue weighted by molar-refractivity contribution is -0.134. The van der Waals surface area contributed by atoms with Crippen LogP contribution in [-0.4, -0.2) is 43.0 Å². The van der Waals surface area contributed by atoms with Crippen molar-refractivity contribution in [3.05, 3.63) is 83.8 Å². The molecule has 32 heavy (non-hydrogen) atoms. The molecule has 1 saturated heterocycles. The van der Waals surface area contributed by atoms with Crippen molar-refractivity contribution < 1.29 is 18.7 Å². The van der Waals surface area contributed by atoms with Gasteiger partial charge in [-0.15, -0.1) is 0 Å². The first-order chi connectivity index (χ1) is 15.7. The average molecular weight is 435 g/mol. The van der Waals surface area contributed by atoms with Gasteiger partial charge in [0.25, 0.3) is 0 Å². The molecule has 0 saturated carbocycles. The first-order valence-electron chi connectivity index (χ1n) is 11.0. The van der Waals surface area contributed by atoms with E-state index in [1.54, 1.807) is 20.5 Å². The highest BCUT2D eigenvalue weighted by atomic mass is 16.5. The van der Waals surface area contributed by atoms with Crippen molar-refractivity contribution in [2.24, 2.45) is 0 Å². The highest BCUT2D eigenvalue weighted by Crippen LogP contribution is 2.36. The van der Waals surface area contributed by atoms with Crippen LogP contribution in [0.2, 0.25) is 0 Å². The van der Waals surface area contributed by atoms with E-state index in [0.717, 1.165) is 36.3 Å². The maximum Gasteiger partial charge on any atom is 0.237 e. The van der Waals surface area contributed by atoms with Crippen LogP contribution in [0.25, 0.3) is 0 Å². The van der Waals surface area contributed by atoms with Gasteiger partial charge in [0.05, 0.1) is 33.6 Å². The SMILES string of the molecule is COc1ccc(C2CCCN2CC(=O)N(Cc2ccccc2)Cc2ccco2)cc1OC. The van der Waals surface area contributed by atoms with E-state index in [2.05, 4.69) is 11.0 Å². The highest BCUT2D eigenvalue weighted by Gasteiger charge is 2.30. The third-order valence-electron chi connectivity index (χ3n) is 5.99. The van der Waals surface area contributed by atoms with Crippen molar-refractivity contribution >= 4 is 5.91 Å². The van der Waals surface area contributed by atoms with Crippen LogP contribution in [-0.2, 0) is 17.9 Å². The molecule has 6 nitrogen and oxygen atoms in total. The van der Waals surface area contributed by atoms with E-state index in [1.165, 1.54) is 0 Å². The second-order valence-electron chi connectivity index (χ2n) is 8.06. The summed E-state index contributed by atoms with van der Waals surface area (Å²) in [6.45, 7) is 2.27. The standard InChI is InChI=1S/C26H30N2O4/c1-30-24-13-12-21(16-25(24)31-2)23-11-6-14-27(23)19-26(29)28(18-22-10-7-15-32-22)17-20-8-4-3-5-9-20/h3-5,7-10,12-13,15-16,23H,6,11,14,17-19H2,1-2H3. The van der Waals surface area contributed by atoms with E-state index < -0.39 is 0 Å². The summed E-state index contributed by atoms with van der Waals surface area (Å²) in [4.78, 5) is 17.6. The average Bonchev–Trinajstić information content (AvgIpc) is 3.51. The Morgan fingerprint density at radius 2 is 1.84 bits per heavy atom. The Morgan fingerprint density at radius 1 is 1.03 bits per heavy atom. The Labute approximate surface area is 189 Å². The number of hydrogen-bond donors (Lipinski definition) is 0. The predicted octanol–water partition coefficient (Wildman–Crippen LogP) is 4.66. The largest absolute Gasteiger partial charge is 0.493 e. The molecule has 168 valence electrons. The Hall–Kier alpha value is -3.25. The minimum absolute atomic E-state index is 0.0950. The number of rotatable bonds is 9. The normalized spacial score (nSPS) is 16.1. The first kappa shape index (κ1) is 22.0. The summed E-state index contributed by atoms with van der Waals surface area (Å²) in [5.74, 6) is 2.31. The number of carbonyl (C=O) groups is 1. The third-order valence-corrected chi connectivity index (χ3v) is 5.99. The second kappa shape index (κ2) is 10.4. The van der Waals surface area contributed by atoms with E-state index in [-0.39, 0.29) is 11.9 Å². The number of benzene rings is 2. The molecule has 0 bridgehead atoms. The van der Waals surface area contributed by atoms with Gasteiger partial charge in [-0.2, -0.15) is 0 Å². The first-order valence-corrected chi connectivity index (χ1v) is 11.0. The molecule has 1 amide bonds. The summed E-state index contributed by atoms with van der Waals surface area (Å²) in [6, 6.07) is 20.1. The summed E-state index contributed by atoms with van der Waals surface area (Å²) in [5.41, 5.74) is 2.25. The molecular weight excluding hydrogens is 404 g/mol. The fourth-order valence-electron chi connectivity index (χ4n) is 4.35. The van der Waals surface area contributed by atoms with Crippen molar-refractivity contribution in [3.8, 4) is 11.5 Å². The van der Waals surface area contributed by atoms with Gasteiger partial charge in [0.15, 0.2) is 11.5 Å². The summed E-state index contributed by atoms with van der Waals surface area (Å²) in [5, 5.41) is 0. The summed E-state index contributed by atoms with van der Waals surface area (Å²) >= 11 is 0. The number of ether oxygens (including phenoxy) is 2. The van der Waals surface area contributed by atoms with Crippen LogP contribution in [0.15, 0.2) is 71.3 Å². The van der Waals surface area contributed by atoms with Gasteiger partial charge in [0, 0.05) is 12.6 Å². The van der Waals surface area contributed by atoms with Gasteiger partial charge >= 0.3 is 0 Å². The highest BCUT2D eigenvalue weighted by molar-refractivity contribution is 5.78. The Morgan fingerprint density at radius 3 is 2.56 bits per heavy atom. The Kier molecular flexibility index (Phi) is 7.12. The number of furan rings is 1. The van der Waals surface area contributed by atoms with Gasteiger partial charge < -0.3 is 18.8 Å². The molecular formula is C26H30N2O4. The van der Waals surface area contributed by atoms with Crippen molar-refractivity contribution in [3.63, 3.8) is 0 Å². The second-order valence-corrected chi connectivity index (χ2v) is 8.06. The zero-order valence-corrected chi connectivity index (χ0v) is 18.7. The van der Waals surface area contributed by atoms with Gasteiger partial charge in [0.1, 0.15) is 5.76 Å². The monoisotopic (exact) mass is 434 g/mol. The van der Waals surface area contributed by atoms with Gasteiger partial charge in [-0.05, 0) is 54.8 Å². The van der Waals surface area contributed by atoms with E-state index >= 15 is 0 Å². The molecule has 0 radical (unpaired) electrons. The van der Waals surface area contributed by atoms with Crippen molar-refractivity contribution in [2.45, 2.75) is 32.0 Å². The number of nitrogens with zero attached hydrogens (tertiary/aromatic N) is 2. The lowest BCUT2D eigenvalue weighted by Crippen LogP contribution is -2.39. The molecule has 1 atom stereocenters. The molecule has 1 aromatic heterocycles. The number of carbonyl (C=O) groups excluding carboxylic acids is 1. The van der Waals surface area contributed by atoms with Gasteiger partial charge in [-0.1, -0.05) is 36.4 Å². The topological polar surface area (TPSA) is 55.2 Å². The molecule has 2 aromatic carbocycles. The molecule has 0 spiro atoms. The summed E-state index contributed by atoms with van der Waals surface area (Å²) < 4.78 is 16.4. The fraction of sp³-hybridized carbons (Fsp3) is 0.346. The van der Waals surface area contributed by atoms with Crippen LogP contribution in [0, 0.1) is 0 Å². The van der Waals surface area contributed by atoms with Gasteiger partial charge in [-0.3, -0.25) is 9.69 Å². The molecule has 6 heteroatoms. The maximum atomic E-state index is 13.4. The molecule has 1 unspecified atom stereocenters. The van der Waals surface area contributed by atoms with E-state index in [1.807, 2.05) is 59.5 Å². The molecule has 1 aliphatic rings. The number of likely N-dealkylation sites (tertiary alicyclic amines) is 1. The molecule has 0 aliphatic carbocycles. The molecule has 1 aliphatic heterocycles. The third kappa shape index (κ3) is 5.14. The van der Waals surface area contributed by atoms with Crippen molar-refractivity contribution in [1.29, 1.82) is 0 Å². The lowest BCUT2D eigenvalue weighted by Gasteiger charge is -2.29. The predicted molar refractivity (Wildman–Crippen MR) is 122 cm³/mol. The number of amides is 1. The lowest BCUT2D eigenvalue weighted by atomic mass is 10.0. The van der Waals surface area contributed by atoms with E-state index in [0.29, 0.717) is 31.1 Å². The van der Waals surface area contributed by atoms with Crippen LogP contribution in [0.5, 0.6) is 11.5 Å². The molecule has 2 heterocycles. The molecule has 3 aromatic rings. The number of hydrogen-bond acceptors (Lipinski definition) is 5. The minimum Gasteiger partial charge on any atom is -0.493 e. The smallest absolute Gasteiger partial charge is 0.237 e. The van der Waals surface area contributed by atoms with Crippen molar-refractivity contribution in [1.82, 2.24) is 9.80 Å². The molecule has 4 rings (SSSR count). The van der Waals surface area contributed by atoms with Crippen LogP contribution >= 0.6 is 0 Å². The van der Waals surface area contributed by atoms with Gasteiger partial charge in [-0.25, -0.2) is 0 Å². The zero-order chi connectivity index (χ0) is 22.3. The quantitative estimate of drug-likeness (QED) is 0.490. The molecule has 1 fully saturated rings. The number of methoxy groups -OCH3 is 2. The fourth-order valence-corrected chi connectivity index (χ4v) is 4.35. The van der Waals surface area contributed by atoms with Gasteiger partial charge in [0.2, 0.25) is 5.91 Å². The maximum absolute atomic E-state index is 13.4. The zero-order valence-electron chi connectivity index (χ0n) is 18.7. The van der Waals surface area contributed by atoms with E-state index in [9.17, 15) is 4.79 Å². The Bertz CT molecular complexity index is 1000. The van der Waals surface area contributed by atoms with E-state index in [4.69, 9.17) is 13.9 Å². The van der Waals surface area contributed by atoms with Crippen LogP contribution in [0.1, 0.15) is 35.8 Å². The summed E-state index contributed by atoms with van der Waals surface area (Å²) in [7, 11) is 3.28. The van der Waals surface area contributed by atoms with Crippen LogP contribution < -0.4 is 9.47 Å². The Balaban J connectivity index is 1.50. The van der Waals surface area contributed by atoms with Crippen LogP contribution in [0.3, 0.4) is 0 Å². The summed E-state index contributed by atoms with van der Waals surface area (Å²) in [6.07, 6.45) is 3.72. The molecule has 0 N–H and O–H groups in total. The van der Waals surface area contributed by atoms with Crippen LogP contribution in [0.4, 0.5) is 0 Å². The minimum atomic E-state index is 0.0950.